The molecule has 0 saturated heterocycles. The summed E-state index contributed by atoms with van der Waals surface area (Å²) in [7, 11) is 0. The van der Waals surface area contributed by atoms with E-state index in [-0.39, 0.29) is 0 Å². The number of carboxylic acid groups (broad SMARTS) is 1. The van der Waals surface area contributed by atoms with Crippen molar-refractivity contribution in [3.8, 4) is 0 Å². The lowest BCUT2D eigenvalue weighted by atomic mass is 9.70. The van der Waals surface area contributed by atoms with Gasteiger partial charge in [-0.15, -0.1) is 0 Å². The van der Waals surface area contributed by atoms with Gasteiger partial charge in [0.15, 0.2) is 0 Å². The van der Waals surface area contributed by atoms with Gasteiger partial charge in [0, 0.05) is 6.04 Å². The lowest BCUT2D eigenvalue weighted by Gasteiger charge is -2.42. The predicted octanol–water partition coefficient (Wildman–Crippen LogP) is 3.43. The SMILES string of the molecule is CCCC(C)(NC1CC(C)CC(C)(C)C1)C(=O)O. The first-order chi connectivity index (χ1) is 8.18. The van der Waals surface area contributed by atoms with E-state index in [1.165, 1.54) is 6.42 Å². The van der Waals surface area contributed by atoms with Gasteiger partial charge in [0.2, 0.25) is 0 Å². The zero-order valence-electron chi connectivity index (χ0n) is 12.5. The third-order valence-corrected chi connectivity index (χ3v) is 4.13. The molecule has 3 atom stereocenters. The normalized spacial score (nSPS) is 30.7. The summed E-state index contributed by atoms with van der Waals surface area (Å²) in [5.74, 6) is -0.0497. The second-order valence-electron chi connectivity index (χ2n) is 7.14. The van der Waals surface area contributed by atoms with Crippen LogP contribution in [0.2, 0.25) is 0 Å². The largest absolute Gasteiger partial charge is 0.480 e. The van der Waals surface area contributed by atoms with Crippen molar-refractivity contribution in [2.45, 2.75) is 78.3 Å². The fourth-order valence-electron chi connectivity index (χ4n) is 3.65. The van der Waals surface area contributed by atoms with E-state index in [0.29, 0.717) is 23.8 Å². The van der Waals surface area contributed by atoms with Crippen LogP contribution in [0.15, 0.2) is 0 Å². The summed E-state index contributed by atoms with van der Waals surface area (Å²) in [4.78, 5) is 11.5. The zero-order chi connectivity index (χ0) is 14.0. The van der Waals surface area contributed by atoms with Crippen molar-refractivity contribution in [1.82, 2.24) is 5.32 Å². The van der Waals surface area contributed by atoms with E-state index in [1.807, 2.05) is 13.8 Å². The number of hydrogen-bond acceptors (Lipinski definition) is 2. The number of nitrogens with one attached hydrogen (secondary N) is 1. The number of hydrogen-bond donors (Lipinski definition) is 2. The van der Waals surface area contributed by atoms with Gasteiger partial charge in [-0.25, -0.2) is 0 Å². The summed E-state index contributed by atoms with van der Waals surface area (Å²) in [6.45, 7) is 10.7. The number of carboxylic acids is 1. The highest BCUT2D eigenvalue weighted by atomic mass is 16.4. The van der Waals surface area contributed by atoms with Crippen molar-refractivity contribution >= 4 is 5.97 Å². The molecule has 3 heteroatoms. The quantitative estimate of drug-likeness (QED) is 0.791. The van der Waals surface area contributed by atoms with Gasteiger partial charge in [-0.1, -0.05) is 34.1 Å². The molecule has 3 nitrogen and oxygen atoms in total. The Balaban J connectivity index is 2.72. The topological polar surface area (TPSA) is 49.3 Å². The summed E-state index contributed by atoms with van der Waals surface area (Å²) in [6.07, 6.45) is 4.98. The molecule has 0 aromatic heterocycles. The summed E-state index contributed by atoms with van der Waals surface area (Å²) >= 11 is 0. The third kappa shape index (κ3) is 3.98. The molecular formula is C15H29NO2. The van der Waals surface area contributed by atoms with Crippen molar-refractivity contribution in [2.75, 3.05) is 0 Å². The molecule has 2 N–H and O–H groups in total. The Morgan fingerprint density at radius 3 is 2.50 bits per heavy atom. The van der Waals surface area contributed by atoms with Crippen LogP contribution >= 0.6 is 0 Å². The van der Waals surface area contributed by atoms with Crippen molar-refractivity contribution in [1.29, 1.82) is 0 Å². The summed E-state index contributed by atoms with van der Waals surface area (Å²) < 4.78 is 0. The minimum absolute atomic E-state index is 0.320. The van der Waals surface area contributed by atoms with Crippen LogP contribution < -0.4 is 5.32 Å². The molecule has 1 aliphatic rings. The lowest BCUT2D eigenvalue weighted by Crippen LogP contribution is -2.56. The summed E-state index contributed by atoms with van der Waals surface area (Å²) in [6, 6.07) is 0.330. The second-order valence-corrected chi connectivity index (χ2v) is 7.14. The smallest absolute Gasteiger partial charge is 0.323 e. The van der Waals surface area contributed by atoms with E-state index < -0.39 is 11.5 Å². The minimum atomic E-state index is -0.771. The van der Waals surface area contributed by atoms with Crippen molar-refractivity contribution < 1.29 is 9.90 Å². The van der Waals surface area contributed by atoms with Crippen LogP contribution in [-0.4, -0.2) is 22.7 Å². The first kappa shape index (κ1) is 15.5. The fourth-order valence-corrected chi connectivity index (χ4v) is 3.65. The molecule has 3 unspecified atom stereocenters. The standard InChI is InChI=1S/C15H29NO2/c1-6-7-15(5,13(17)18)16-12-8-11(2)9-14(3,4)10-12/h11-12,16H,6-10H2,1-5H3,(H,17,18). The van der Waals surface area contributed by atoms with Gasteiger partial charge < -0.3 is 5.11 Å². The molecule has 0 spiro atoms. The lowest BCUT2D eigenvalue weighted by molar-refractivity contribution is -0.145. The zero-order valence-corrected chi connectivity index (χ0v) is 12.5. The Bertz CT molecular complexity index is 301. The Labute approximate surface area is 111 Å². The Hall–Kier alpha value is -0.570. The van der Waals surface area contributed by atoms with Crippen LogP contribution in [0.3, 0.4) is 0 Å². The van der Waals surface area contributed by atoms with E-state index in [0.717, 1.165) is 19.3 Å². The maximum atomic E-state index is 11.5. The third-order valence-electron chi connectivity index (χ3n) is 4.13. The molecule has 0 aromatic rings. The van der Waals surface area contributed by atoms with Crippen LogP contribution in [0.1, 0.15) is 66.7 Å². The maximum absolute atomic E-state index is 11.5. The Morgan fingerprint density at radius 1 is 1.44 bits per heavy atom. The Morgan fingerprint density at radius 2 is 2.06 bits per heavy atom. The molecule has 1 fully saturated rings. The fraction of sp³-hybridized carbons (Fsp3) is 0.933. The molecule has 18 heavy (non-hydrogen) atoms. The van der Waals surface area contributed by atoms with Gasteiger partial charge in [-0.2, -0.15) is 0 Å². The summed E-state index contributed by atoms with van der Waals surface area (Å²) in [5.41, 5.74) is -0.451. The van der Waals surface area contributed by atoms with Crippen LogP contribution in [0, 0.1) is 11.3 Å². The highest BCUT2D eigenvalue weighted by molar-refractivity contribution is 5.78. The number of aliphatic carboxylic acids is 1. The first-order valence-corrected chi connectivity index (χ1v) is 7.19. The van der Waals surface area contributed by atoms with E-state index >= 15 is 0 Å². The molecule has 1 aliphatic carbocycles. The van der Waals surface area contributed by atoms with E-state index in [4.69, 9.17) is 0 Å². The van der Waals surface area contributed by atoms with Crippen molar-refractivity contribution in [3.63, 3.8) is 0 Å². The molecule has 0 aromatic carbocycles. The van der Waals surface area contributed by atoms with Gasteiger partial charge in [0.1, 0.15) is 5.54 Å². The van der Waals surface area contributed by atoms with E-state index in [2.05, 4.69) is 26.1 Å². The molecule has 106 valence electrons. The first-order valence-electron chi connectivity index (χ1n) is 7.19. The number of rotatable bonds is 5. The molecule has 0 radical (unpaired) electrons. The minimum Gasteiger partial charge on any atom is -0.480 e. The molecule has 0 amide bonds. The van der Waals surface area contributed by atoms with Crippen LogP contribution in [0.4, 0.5) is 0 Å². The van der Waals surface area contributed by atoms with Crippen molar-refractivity contribution in [3.05, 3.63) is 0 Å². The van der Waals surface area contributed by atoms with Crippen molar-refractivity contribution in [2.24, 2.45) is 11.3 Å². The highest BCUT2D eigenvalue weighted by Crippen LogP contribution is 2.39. The molecule has 1 rings (SSSR count). The molecule has 0 heterocycles. The monoisotopic (exact) mass is 255 g/mol. The van der Waals surface area contributed by atoms with Gasteiger partial charge in [0.25, 0.3) is 0 Å². The van der Waals surface area contributed by atoms with Crippen LogP contribution in [0.25, 0.3) is 0 Å². The molecule has 1 saturated carbocycles. The number of carbonyl (C=O) groups is 1. The summed E-state index contributed by atoms with van der Waals surface area (Å²) in [5, 5.41) is 12.8. The maximum Gasteiger partial charge on any atom is 0.323 e. The molecular weight excluding hydrogens is 226 g/mol. The van der Waals surface area contributed by atoms with Gasteiger partial charge in [0.05, 0.1) is 0 Å². The predicted molar refractivity (Wildman–Crippen MR) is 74.7 cm³/mol. The second kappa shape index (κ2) is 5.60. The van der Waals surface area contributed by atoms with Crippen LogP contribution in [-0.2, 0) is 4.79 Å². The highest BCUT2D eigenvalue weighted by Gasteiger charge is 2.38. The average Bonchev–Trinajstić information content (AvgIpc) is 2.13. The molecule has 0 aliphatic heterocycles. The van der Waals surface area contributed by atoms with Crippen LogP contribution in [0.5, 0.6) is 0 Å². The van der Waals surface area contributed by atoms with E-state index in [1.54, 1.807) is 0 Å². The van der Waals surface area contributed by atoms with Gasteiger partial charge >= 0.3 is 5.97 Å². The Kier molecular flexibility index (Phi) is 4.82. The average molecular weight is 255 g/mol. The van der Waals surface area contributed by atoms with Gasteiger partial charge in [-0.3, -0.25) is 10.1 Å². The van der Waals surface area contributed by atoms with Gasteiger partial charge in [-0.05, 0) is 43.9 Å². The molecule has 0 bridgehead atoms. The van der Waals surface area contributed by atoms with E-state index in [9.17, 15) is 9.90 Å².